The van der Waals surface area contributed by atoms with Crippen molar-refractivity contribution in [2.75, 3.05) is 10.2 Å². The molecule has 0 spiro atoms. The SMILES string of the molecule is CC1(C)C(=O)N(C(=O)Nc2ccc(Cl)cc2)c2ccccc21. The van der Waals surface area contributed by atoms with Crippen molar-refractivity contribution in [1.82, 2.24) is 0 Å². The van der Waals surface area contributed by atoms with Crippen molar-refractivity contribution < 1.29 is 9.59 Å². The number of nitrogens with zero attached hydrogens (tertiary/aromatic N) is 1. The molecular weight excluding hydrogens is 300 g/mol. The lowest BCUT2D eigenvalue weighted by Gasteiger charge is -2.19. The van der Waals surface area contributed by atoms with Gasteiger partial charge in [-0.25, -0.2) is 9.69 Å². The van der Waals surface area contributed by atoms with Crippen molar-refractivity contribution in [2.24, 2.45) is 0 Å². The van der Waals surface area contributed by atoms with Gasteiger partial charge in [-0.3, -0.25) is 4.79 Å². The van der Waals surface area contributed by atoms with Crippen LogP contribution in [-0.2, 0) is 10.2 Å². The lowest BCUT2D eigenvalue weighted by molar-refractivity contribution is -0.121. The van der Waals surface area contributed by atoms with Gasteiger partial charge in [0.2, 0.25) is 5.91 Å². The van der Waals surface area contributed by atoms with Crippen LogP contribution in [0.5, 0.6) is 0 Å². The first kappa shape index (κ1) is 14.6. The summed E-state index contributed by atoms with van der Waals surface area (Å²) in [6, 6.07) is 13.6. The Kier molecular flexibility index (Phi) is 3.41. The number of fused-ring (bicyclic) bond motifs is 1. The fraction of sp³-hybridized carbons (Fsp3) is 0.176. The van der Waals surface area contributed by atoms with E-state index in [-0.39, 0.29) is 5.91 Å². The van der Waals surface area contributed by atoms with Gasteiger partial charge in [0, 0.05) is 10.7 Å². The zero-order chi connectivity index (χ0) is 15.9. The maximum atomic E-state index is 12.6. The highest BCUT2D eigenvalue weighted by Gasteiger charge is 2.46. The van der Waals surface area contributed by atoms with Crippen molar-refractivity contribution >= 4 is 34.9 Å². The Bertz CT molecular complexity index is 754. The third-order valence-corrected chi connectivity index (χ3v) is 4.11. The van der Waals surface area contributed by atoms with Crippen molar-refractivity contribution in [3.05, 3.63) is 59.1 Å². The predicted octanol–water partition coefficient (Wildman–Crippen LogP) is 4.20. The van der Waals surface area contributed by atoms with E-state index in [0.717, 1.165) is 5.56 Å². The monoisotopic (exact) mass is 314 g/mol. The van der Waals surface area contributed by atoms with Gasteiger partial charge in [0.15, 0.2) is 0 Å². The van der Waals surface area contributed by atoms with Gasteiger partial charge in [0.25, 0.3) is 0 Å². The van der Waals surface area contributed by atoms with Crippen LogP contribution in [0.2, 0.25) is 5.02 Å². The molecule has 0 fully saturated rings. The standard InChI is InChI=1S/C17H15ClN2O2/c1-17(2)13-5-3-4-6-14(13)20(15(17)21)16(22)19-12-9-7-11(18)8-10-12/h3-10H,1-2H3,(H,19,22). The van der Waals surface area contributed by atoms with E-state index in [2.05, 4.69) is 5.32 Å². The van der Waals surface area contributed by atoms with Gasteiger partial charge < -0.3 is 5.32 Å². The number of halogens is 1. The first-order chi connectivity index (χ1) is 10.4. The molecule has 3 amide bonds. The number of hydrogen-bond acceptors (Lipinski definition) is 2. The number of amides is 3. The molecule has 3 rings (SSSR count). The van der Waals surface area contributed by atoms with Crippen LogP contribution in [0, 0.1) is 0 Å². The molecule has 0 saturated carbocycles. The number of imide groups is 1. The molecule has 0 unspecified atom stereocenters. The lowest BCUT2D eigenvalue weighted by Crippen LogP contribution is -2.42. The minimum atomic E-state index is -0.714. The average Bonchev–Trinajstić information content (AvgIpc) is 2.69. The Morgan fingerprint density at radius 1 is 1.09 bits per heavy atom. The van der Waals surface area contributed by atoms with E-state index < -0.39 is 11.4 Å². The zero-order valence-corrected chi connectivity index (χ0v) is 13.0. The van der Waals surface area contributed by atoms with Crippen LogP contribution in [0.1, 0.15) is 19.4 Å². The van der Waals surface area contributed by atoms with Gasteiger partial charge in [-0.2, -0.15) is 0 Å². The molecule has 0 aliphatic carbocycles. The molecule has 1 heterocycles. The minimum absolute atomic E-state index is 0.236. The molecule has 2 aromatic rings. The number of hydrogen-bond donors (Lipinski definition) is 1. The van der Waals surface area contributed by atoms with Crippen LogP contribution < -0.4 is 10.2 Å². The van der Waals surface area contributed by atoms with Crippen LogP contribution >= 0.6 is 11.6 Å². The lowest BCUT2D eigenvalue weighted by atomic mass is 9.86. The molecular formula is C17H15ClN2O2. The van der Waals surface area contributed by atoms with E-state index in [1.54, 1.807) is 30.3 Å². The first-order valence-corrected chi connectivity index (χ1v) is 7.29. The summed E-state index contributed by atoms with van der Waals surface area (Å²) >= 11 is 5.83. The molecule has 5 heteroatoms. The Labute approximate surface area is 133 Å². The number of carbonyl (C=O) groups is 2. The topological polar surface area (TPSA) is 49.4 Å². The Hall–Kier alpha value is -2.33. The van der Waals surface area contributed by atoms with Crippen molar-refractivity contribution in [3.63, 3.8) is 0 Å². The molecule has 0 saturated heterocycles. The van der Waals surface area contributed by atoms with Gasteiger partial charge in [0.1, 0.15) is 0 Å². The number of rotatable bonds is 1. The van der Waals surface area contributed by atoms with E-state index in [0.29, 0.717) is 16.4 Å². The van der Waals surface area contributed by atoms with Crippen molar-refractivity contribution in [3.8, 4) is 0 Å². The molecule has 1 aliphatic rings. The fourth-order valence-electron chi connectivity index (χ4n) is 2.62. The van der Waals surface area contributed by atoms with Crippen LogP contribution in [-0.4, -0.2) is 11.9 Å². The number of urea groups is 1. The summed E-state index contributed by atoms with van der Waals surface area (Å²) in [5.74, 6) is -0.236. The number of anilines is 2. The van der Waals surface area contributed by atoms with E-state index in [4.69, 9.17) is 11.6 Å². The quantitative estimate of drug-likeness (QED) is 0.857. The number of nitrogens with one attached hydrogen (secondary N) is 1. The van der Waals surface area contributed by atoms with Gasteiger partial charge in [-0.1, -0.05) is 29.8 Å². The molecule has 2 aromatic carbocycles. The number of para-hydroxylation sites is 1. The van der Waals surface area contributed by atoms with Gasteiger partial charge >= 0.3 is 6.03 Å². The van der Waals surface area contributed by atoms with Gasteiger partial charge in [-0.05, 0) is 49.7 Å². The molecule has 1 aliphatic heterocycles. The summed E-state index contributed by atoms with van der Waals surface area (Å²) in [4.78, 5) is 26.3. The minimum Gasteiger partial charge on any atom is -0.307 e. The van der Waals surface area contributed by atoms with E-state index in [1.807, 2.05) is 32.0 Å². The summed E-state index contributed by atoms with van der Waals surface area (Å²) in [5.41, 5.74) is 1.35. The maximum Gasteiger partial charge on any atom is 0.333 e. The Balaban J connectivity index is 1.93. The summed E-state index contributed by atoms with van der Waals surface area (Å²) in [6.45, 7) is 3.65. The van der Waals surface area contributed by atoms with Crippen molar-refractivity contribution in [2.45, 2.75) is 19.3 Å². The maximum absolute atomic E-state index is 12.6. The van der Waals surface area contributed by atoms with Crippen molar-refractivity contribution in [1.29, 1.82) is 0 Å². The first-order valence-electron chi connectivity index (χ1n) is 6.92. The van der Waals surface area contributed by atoms with E-state index in [1.165, 1.54) is 4.90 Å². The number of carbonyl (C=O) groups excluding carboxylic acids is 2. The fourth-order valence-corrected chi connectivity index (χ4v) is 2.74. The molecule has 0 atom stereocenters. The average molecular weight is 315 g/mol. The number of benzene rings is 2. The summed E-state index contributed by atoms with van der Waals surface area (Å²) < 4.78 is 0. The van der Waals surface area contributed by atoms with E-state index in [9.17, 15) is 9.59 Å². The third-order valence-electron chi connectivity index (χ3n) is 3.85. The largest absolute Gasteiger partial charge is 0.333 e. The second kappa shape index (κ2) is 5.14. The van der Waals surface area contributed by atoms with Crippen LogP contribution in [0.15, 0.2) is 48.5 Å². The second-order valence-electron chi connectivity index (χ2n) is 5.72. The Morgan fingerprint density at radius 2 is 1.73 bits per heavy atom. The zero-order valence-electron chi connectivity index (χ0n) is 12.3. The highest BCUT2D eigenvalue weighted by molar-refractivity contribution is 6.30. The second-order valence-corrected chi connectivity index (χ2v) is 6.16. The molecule has 0 aromatic heterocycles. The van der Waals surface area contributed by atoms with Gasteiger partial charge in [-0.15, -0.1) is 0 Å². The third kappa shape index (κ3) is 2.25. The highest BCUT2D eigenvalue weighted by Crippen LogP contribution is 2.41. The van der Waals surface area contributed by atoms with Gasteiger partial charge in [0.05, 0.1) is 11.1 Å². The summed E-state index contributed by atoms with van der Waals surface area (Å²) in [6.07, 6.45) is 0. The smallest absolute Gasteiger partial charge is 0.307 e. The van der Waals surface area contributed by atoms with Crippen LogP contribution in [0.25, 0.3) is 0 Å². The molecule has 4 nitrogen and oxygen atoms in total. The molecule has 0 radical (unpaired) electrons. The molecule has 112 valence electrons. The van der Waals surface area contributed by atoms with Crippen LogP contribution in [0.4, 0.5) is 16.2 Å². The summed E-state index contributed by atoms with van der Waals surface area (Å²) in [7, 11) is 0. The molecule has 0 bridgehead atoms. The predicted molar refractivity (Wildman–Crippen MR) is 87.4 cm³/mol. The van der Waals surface area contributed by atoms with Crippen LogP contribution in [0.3, 0.4) is 0 Å². The van der Waals surface area contributed by atoms with E-state index >= 15 is 0 Å². The molecule has 22 heavy (non-hydrogen) atoms. The Morgan fingerprint density at radius 3 is 2.41 bits per heavy atom. The normalized spacial score (nSPS) is 15.6. The highest BCUT2D eigenvalue weighted by atomic mass is 35.5. The summed E-state index contributed by atoms with van der Waals surface area (Å²) in [5, 5.41) is 3.31. The molecule has 1 N–H and O–H groups in total.